The molecule has 25 heavy (non-hydrogen) atoms. The van der Waals surface area contributed by atoms with Crippen LogP contribution < -0.4 is 0 Å². The van der Waals surface area contributed by atoms with Crippen molar-refractivity contribution in [1.82, 2.24) is 24.9 Å². The van der Waals surface area contributed by atoms with Gasteiger partial charge in [-0.3, -0.25) is 9.69 Å². The predicted molar refractivity (Wildman–Crippen MR) is 81.7 cm³/mol. The summed E-state index contributed by atoms with van der Waals surface area (Å²) >= 11 is 0. The van der Waals surface area contributed by atoms with E-state index in [1.807, 2.05) is 11.9 Å². The van der Waals surface area contributed by atoms with Crippen molar-refractivity contribution in [1.29, 1.82) is 0 Å². The Labute approximate surface area is 142 Å². The minimum atomic E-state index is -0.964. The maximum absolute atomic E-state index is 13.9. The smallest absolute Gasteiger partial charge is 0.275 e. The number of nitrogens with zero attached hydrogens (tertiary/aromatic N) is 5. The number of pyridine rings is 1. The molecule has 1 saturated carbocycles. The Bertz CT molecular complexity index is 808. The highest BCUT2D eigenvalue weighted by molar-refractivity contribution is 5.92. The second-order valence-electron chi connectivity index (χ2n) is 6.50. The van der Waals surface area contributed by atoms with Crippen molar-refractivity contribution in [2.45, 2.75) is 24.8 Å². The normalized spacial score (nSPS) is 21.6. The van der Waals surface area contributed by atoms with Crippen LogP contribution in [0.25, 0.3) is 0 Å². The van der Waals surface area contributed by atoms with Gasteiger partial charge in [0, 0.05) is 31.6 Å². The average molecular weight is 349 g/mol. The molecular weight excluding hydrogens is 332 g/mol. The summed E-state index contributed by atoms with van der Waals surface area (Å²) in [6.07, 6.45) is 2.98. The van der Waals surface area contributed by atoms with Gasteiger partial charge in [-0.15, -0.1) is 0 Å². The van der Waals surface area contributed by atoms with Gasteiger partial charge in [-0.05, 0) is 19.9 Å². The van der Waals surface area contributed by atoms with Gasteiger partial charge in [0.1, 0.15) is 11.9 Å². The van der Waals surface area contributed by atoms with Gasteiger partial charge in [-0.25, -0.2) is 13.8 Å². The predicted octanol–water partition coefficient (Wildman–Crippen LogP) is 1.75. The molecule has 3 heterocycles. The number of likely N-dealkylation sites (N-methyl/N-ethyl adjacent to an activating group) is 1. The van der Waals surface area contributed by atoms with Gasteiger partial charge in [0.05, 0.1) is 6.20 Å². The summed E-state index contributed by atoms with van der Waals surface area (Å²) in [5, 5.41) is 4.01. The standard InChI is InChI=1S/C16H17F2N5O2/c1-22-4-5-23(16(24)13-11(18)6-10(17)7-19-13)8-12(22)15-20-14(21-25-15)9-2-3-9/h6-7,9,12H,2-5,8H2,1H3. The topological polar surface area (TPSA) is 75.4 Å². The maximum Gasteiger partial charge on any atom is 0.275 e. The minimum absolute atomic E-state index is 0.263. The number of hydrogen-bond acceptors (Lipinski definition) is 6. The fourth-order valence-corrected chi connectivity index (χ4v) is 2.94. The molecule has 4 rings (SSSR count). The lowest BCUT2D eigenvalue weighted by Crippen LogP contribution is -2.49. The van der Waals surface area contributed by atoms with Crippen LogP contribution in [0.5, 0.6) is 0 Å². The Kier molecular flexibility index (Phi) is 3.95. The quantitative estimate of drug-likeness (QED) is 0.840. The molecule has 0 spiro atoms. The van der Waals surface area contributed by atoms with Gasteiger partial charge >= 0.3 is 0 Å². The molecule has 1 amide bonds. The van der Waals surface area contributed by atoms with Gasteiger partial charge in [0.2, 0.25) is 5.89 Å². The molecule has 1 saturated heterocycles. The van der Waals surface area contributed by atoms with E-state index in [0.29, 0.717) is 36.8 Å². The van der Waals surface area contributed by atoms with Crippen molar-refractivity contribution in [2.24, 2.45) is 0 Å². The summed E-state index contributed by atoms with van der Waals surface area (Å²) in [5.74, 6) is -0.815. The lowest BCUT2D eigenvalue weighted by molar-refractivity contribution is 0.0479. The van der Waals surface area contributed by atoms with E-state index in [2.05, 4.69) is 15.1 Å². The number of hydrogen-bond donors (Lipinski definition) is 0. The monoisotopic (exact) mass is 349 g/mol. The molecule has 2 fully saturated rings. The lowest BCUT2D eigenvalue weighted by atomic mass is 10.1. The lowest BCUT2D eigenvalue weighted by Gasteiger charge is -2.37. The third-order valence-corrected chi connectivity index (χ3v) is 4.63. The summed E-state index contributed by atoms with van der Waals surface area (Å²) in [5.41, 5.74) is -0.381. The zero-order chi connectivity index (χ0) is 17.6. The Morgan fingerprint density at radius 2 is 2.12 bits per heavy atom. The summed E-state index contributed by atoms with van der Waals surface area (Å²) in [7, 11) is 1.91. The fraction of sp³-hybridized carbons (Fsp3) is 0.500. The van der Waals surface area contributed by atoms with E-state index < -0.39 is 17.5 Å². The number of carbonyl (C=O) groups excluding carboxylic acids is 1. The van der Waals surface area contributed by atoms with Gasteiger partial charge < -0.3 is 9.42 Å². The first-order valence-electron chi connectivity index (χ1n) is 8.17. The zero-order valence-electron chi connectivity index (χ0n) is 13.7. The highest BCUT2D eigenvalue weighted by Crippen LogP contribution is 2.38. The van der Waals surface area contributed by atoms with E-state index in [1.54, 1.807) is 0 Å². The van der Waals surface area contributed by atoms with Crippen LogP contribution in [0.3, 0.4) is 0 Å². The Morgan fingerprint density at radius 3 is 2.84 bits per heavy atom. The molecule has 2 aromatic heterocycles. The van der Waals surface area contributed by atoms with Crippen molar-refractivity contribution in [3.63, 3.8) is 0 Å². The van der Waals surface area contributed by atoms with Crippen LogP contribution in [0.4, 0.5) is 8.78 Å². The third-order valence-electron chi connectivity index (χ3n) is 4.63. The number of aromatic nitrogens is 3. The number of rotatable bonds is 3. The SMILES string of the molecule is CN1CCN(C(=O)c2ncc(F)cc2F)CC1c1nc(C2CC2)no1. The zero-order valence-corrected chi connectivity index (χ0v) is 13.7. The first kappa shape index (κ1) is 16.1. The molecule has 1 unspecified atom stereocenters. The van der Waals surface area contributed by atoms with E-state index in [9.17, 15) is 13.6 Å². The van der Waals surface area contributed by atoms with Crippen molar-refractivity contribution < 1.29 is 18.1 Å². The van der Waals surface area contributed by atoms with Gasteiger partial charge in [-0.1, -0.05) is 5.16 Å². The van der Waals surface area contributed by atoms with Gasteiger partial charge in [0.25, 0.3) is 5.91 Å². The van der Waals surface area contributed by atoms with Crippen molar-refractivity contribution in [3.05, 3.63) is 41.3 Å². The Balaban J connectivity index is 1.53. The molecule has 1 atom stereocenters. The van der Waals surface area contributed by atoms with Crippen LogP contribution >= 0.6 is 0 Å². The summed E-state index contributed by atoms with van der Waals surface area (Å²) < 4.78 is 32.2. The molecule has 0 aromatic carbocycles. The molecule has 0 bridgehead atoms. The summed E-state index contributed by atoms with van der Waals surface area (Å²) in [6.45, 7) is 1.26. The third kappa shape index (κ3) is 3.11. The highest BCUT2D eigenvalue weighted by atomic mass is 19.1. The summed E-state index contributed by atoms with van der Waals surface area (Å²) in [6, 6.07) is 0.398. The molecule has 132 valence electrons. The molecule has 2 aliphatic rings. The number of amides is 1. The van der Waals surface area contributed by atoms with E-state index in [4.69, 9.17) is 4.52 Å². The maximum atomic E-state index is 13.9. The number of halogens is 2. The van der Waals surface area contributed by atoms with Crippen LogP contribution in [0.15, 0.2) is 16.8 Å². The van der Waals surface area contributed by atoms with Crippen molar-refractivity contribution in [2.75, 3.05) is 26.7 Å². The van der Waals surface area contributed by atoms with E-state index in [1.165, 1.54) is 4.90 Å². The second kappa shape index (κ2) is 6.14. The number of carbonyl (C=O) groups is 1. The van der Waals surface area contributed by atoms with Crippen LogP contribution in [-0.2, 0) is 0 Å². The fourth-order valence-electron chi connectivity index (χ4n) is 2.94. The largest absolute Gasteiger partial charge is 0.338 e. The number of piperazine rings is 1. The van der Waals surface area contributed by atoms with Crippen LogP contribution in [-0.4, -0.2) is 57.5 Å². The molecule has 0 radical (unpaired) electrons. The van der Waals surface area contributed by atoms with E-state index in [-0.39, 0.29) is 18.3 Å². The minimum Gasteiger partial charge on any atom is -0.338 e. The highest BCUT2D eigenvalue weighted by Gasteiger charge is 2.35. The Morgan fingerprint density at radius 1 is 1.32 bits per heavy atom. The van der Waals surface area contributed by atoms with Crippen molar-refractivity contribution >= 4 is 5.91 Å². The summed E-state index contributed by atoms with van der Waals surface area (Å²) in [4.78, 5) is 24.1. The first-order chi connectivity index (χ1) is 12.0. The van der Waals surface area contributed by atoms with Crippen LogP contribution in [0.1, 0.15) is 47.0 Å². The van der Waals surface area contributed by atoms with E-state index in [0.717, 1.165) is 19.0 Å². The molecule has 7 nitrogen and oxygen atoms in total. The molecule has 0 N–H and O–H groups in total. The molecule has 1 aliphatic heterocycles. The second-order valence-corrected chi connectivity index (χ2v) is 6.50. The molecular formula is C16H17F2N5O2. The van der Waals surface area contributed by atoms with Crippen molar-refractivity contribution in [3.8, 4) is 0 Å². The van der Waals surface area contributed by atoms with Gasteiger partial charge in [-0.2, -0.15) is 4.98 Å². The Hall–Kier alpha value is -2.42. The van der Waals surface area contributed by atoms with Crippen LogP contribution in [0.2, 0.25) is 0 Å². The van der Waals surface area contributed by atoms with Gasteiger partial charge in [0.15, 0.2) is 17.3 Å². The molecule has 2 aromatic rings. The molecule has 1 aliphatic carbocycles. The first-order valence-corrected chi connectivity index (χ1v) is 8.17. The average Bonchev–Trinajstić information content (AvgIpc) is 3.32. The van der Waals surface area contributed by atoms with Crippen LogP contribution in [0, 0.1) is 11.6 Å². The van der Waals surface area contributed by atoms with E-state index >= 15 is 0 Å². The molecule has 9 heteroatoms.